The summed E-state index contributed by atoms with van der Waals surface area (Å²) in [5.74, 6) is 0.573. The van der Waals surface area contributed by atoms with Crippen LogP contribution in [0, 0.1) is 12.8 Å². The number of rotatable bonds is 2. The molecule has 0 amide bonds. The Morgan fingerprint density at radius 2 is 1.88 bits per heavy atom. The SMILES string of the molecule is Cc1cc(Cl)cc2c(Cl)cc(CC(C)C)nc12. The summed E-state index contributed by atoms with van der Waals surface area (Å²) in [7, 11) is 0. The van der Waals surface area contributed by atoms with Crippen LogP contribution in [0.5, 0.6) is 0 Å². The van der Waals surface area contributed by atoms with Crippen molar-refractivity contribution in [3.05, 3.63) is 39.5 Å². The standard InChI is InChI=1S/C14H15Cl2N/c1-8(2)4-11-7-13(16)12-6-10(15)5-9(3)14(12)17-11/h5-8H,4H2,1-3H3. The molecule has 17 heavy (non-hydrogen) atoms. The van der Waals surface area contributed by atoms with Gasteiger partial charge in [0.25, 0.3) is 0 Å². The molecule has 3 heteroatoms. The molecule has 1 aromatic carbocycles. The monoisotopic (exact) mass is 267 g/mol. The number of hydrogen-bond acceptors (Lipinski definition) is 1. The predicted octanol–water partition coefficient (Wildman–Crippen LogP) is 5.05. The van der Waals surface area contributed by atoms with Gasteiger partial charge in [-0.15, -0.1) is 0 Å². The summed E-state index contributed by atoms with van der Waals surface area (Å²) in [5, 5.41) is 2.37. The van der Waals surface area contributed by atoms with Crippen molar-refractivity contribution in [1.29, 1.82) is 0 Å². The summed E-state index contributed by atoms with van der Waals surface area (Å²) in [6.07, 6.45) is 0.942. The fourth-order valence-corrected chi connectivity index (χ4v) is 2.53. The van der Waals surface area contributed by atoms with Crippen LogP contribution in [0.3, 0.4) is 0 Å². The summed E-state index contributed by atoms with van der Waals surface area (Å²) >= 11 is 12.3. The summed E-state index contributed by atoms with van der Waals surface area (Å²) < 4.78 is 0. The summed E-state index contributed by atoms with van der Waals surface area (Å²) in [4.78, 5) is 4.67. The largest absolute Gasteiger partial charge is 0.252 e. The molecule has 0 fully saturated rings. The quantitative estimate of drug-likeness (QED) is 0.742. The fourth-order valence-electron chi connectivity index (χ4n) is 1.99. The molecule has 0 saturated heterocycles. The van der Waals surface area contributed by atoms with Gasteiger partial charge in [0.05, 0.1) is 10.5 Å². The van der Waals surface area contributed by atoms with Gasteiger partial charge in [0.1, 0.15) is 0 Å². The van der Waals surface area contributed by atoms with E-state index in [1.165, 1.54) is 0 Å². The number of nitrogens with zero attached hydrogens (tertiary/aromatic N) is 1. The molecule has 0 bridgehead atoms. The van der Waals surface area contributed by atoms with E-state index in [0.29, 0.717) is 10.9 Å². The molecule has 0 N–H and O–H groups in total. The lowest BCUT2D eigenvalue weighted by molar-refractivity contribution is 0.637. The topological polar surface area (TPSA) is 12.9 Å². The zero-order valence-electron chi connectivity index (χ0n) is 10.2. The molecule has 90 valence electrons. The third kappa shape index (κ3) is 2.72. The maximum atomic E-state index is 6.29. The summed E-state index contributed by atoms with van der Waals surface area (Å²) in [5.41, 5.74) is 3.07. The second-order valence-electron chi connectivity index (χ2n) is 4.81. The molecule has 2 aromatic rings. The van der Waals surface area contributed by atoms with Gasteiger partial charge in [0.15, 0.2) is 0 Å². The van der Waals surface area contributed by atoms with Crippen molar-refractivity contribution in [1.82, 2.24) is 4.98 Å². The highest BCUT2D eigenvalue weighted by atomic mass is 35.5. The van der Waals surface area contributed by atoms with Crippen LogP contribution in [0.1, 0.15) is 25.1 Å². The number of pyridine rings is 1. The van der Waals surface area contributed by atoms with Crippen LogP contribution in [0.4, 0.5) is 0 Å². The molecule has 0 aliphatic carbocycles. The molecule has 0 aliphatic rings. The van der Waals surface area contributed by atoms with Gasteiger partial charge >= 0.3 is 0 Å². The van der Waals surface area contributed by atoms with Crippen LogP contribution in [-0.4, -0.2) is 4.98 Å². The third-order valence-electron chi connectivity index (χ3n) is 2.69. The zero-order valence-corrected chi connectivity index (χ0v) is 11.7. The van der Waals surface area contributed by atoms with Gasteiger partial charge in [-0.1, -0.05) is 37.0 Å². The highest BCUT2D eigenvalue weighted by Crippen LogP contribution is 2.29. The van der Waals surface area contributed by atoms with E-state index in [1.54, 1.807) is 0 Å². The molecular weight excluding hydrogens is 253 g/mol. The van der Waals surface area contributed by atoms with Gasteiger partial charge in [-0.2, -0.15) is 0 Å². The average Bonchev–Trinajstić information content (AvgIpc) is 2.19. The summed E-state index contributed by atoms with van der Waals surface area (Å²) in [6, 6.07) is 5.74. The van der Waals surface area contributed by atoms with E-state index in [2.05, 4.69) is 18.8 Å². The first-order chi connectivity index (χ1) is 7.97. The van der Waals surface area contributed by atoms with Crippen molar-refractivity contribution in [3.63, 3.8) is 0 Å². The molecule has 1 heterocycles. The lowest BCUT2D eigenvalue weighted by Gasteiger charge is -2.09. The molecule has 0 spiro atoms. The van der Waals surface area contributed by atoms with E-state index in [4.69, 9.17) is 23.2 Å². The van der Waals surface area contributed by atoms with Gasteiger partial charge < -0.3 is 0 Å². The molecular formula is C14H15Cl2N. The van der Waals surface area contributed by atoms with E-state index in [-0.39, 0.29) is 0 Å². The Balaban J connectivity index is 2.64. The lowest BCUT2D eigenvalue weighted by atomic mass is 10.1. The Labute approximate surface area is 112 Å². The van der Waals surface area contributed by atoms with Crippen molar-refractivity contribution in [2.75, 3.05) is 0 Å². The van der Waals surface area contributed by atoms with E-state index < -0.39 is 0 Å². The first-order valence-electron chi connectivity index (χ1n) is 5.72. The van der Waals surface area contributed by atoms with Crippen molar-refractivity contribution >= 4 is 34.1 Å². The highest BCUT2D eigenvalue weighted by molar-refractivity contribution is 6.36. The minimum Gasteiger partial charge on any atom is -0.252 e. The molecule has 0 radical (unpaired) electrons. The molecule has 1 aromatic heterocycles. The van der Waals surface area contributed by atoms with Crippen molar-refractivity contribution in [2.45, 2.75) is 27.2 Å². The van der Waals surface area contributed by atoms with Crippen LogP contribution in [-0.2, 0) is 6.42 Å². The first kappa shape index (κ1) is 12.7. The van der Waals surface area contributed by atoms with Crippen LogP contribution in [0.15, 0.2) is 18.2 Å². The van der Waals surface area contributed by atoms with E-state index in [9.17, 15) is 0 Å². The lowest BCUT2D eigenvalue weighted by Crippen LogP contribution is -1.98. The minimum atomic E-state index is 0.573. The molecule has 2 rings (SSSR count). The number of aryl methyl sites for hydroxylation is 1. The van der Waals surface area contributed by atoms with Crippen molar-refractivity contribution in [3.8, 4) is 0 Å². The zero-order chi connectivity index (χ0) is 12.6. The number of aromatic nitrogens is 1. The molecule has 1 nitrogen and oxygen atoms in total. The van der Waals surface area contributed by atoms with E-state index >= 15 is 0 Å². The molecule has 0 aliphatic heterocycles. The first-order valence-corrected chi connectivity index (χ1v) is 6.48. The Morgan fingerprint density at radius 1 is 1.18 bits per heavy atom. The second-order valence-corrected chi connectivity index (χ2v) is 5.66. The van der Waals surface area contributed by atoms with Crippen LogP contribution >= 0.6 is 23.2 Å². The Kier molecular flexibility index (Phi) is 3.60. The van der Waals surface area contributed by atoms with Crippen LogP contribution < -0.4 is 0 Å². The minimum absolute atomic E-state index is 0.573. The Morgan fingerprint density at radius 3 is 2.53 bits per heavy atom. The smallest absolute Gasteiger partial charge is 0.0750 e. The van der Waals surface area contributed by atoms with E-state index in [1.807, 2.05) is 25.1 Å². The third-order valence-corrected chi connectivity index (χ3v) is 3.22. The average molecular weight is 268 g/mol. The van der Waals surface area contributed by atoms with Crippen molar-refractivity contribution < 1.29 is 0 Å². The van der Waals surface area contributed by atoms with Crippen LogP contribution in [0.25, 0.3) is 10.9 Å². The fraction of sp³-hybridized carbons (Fsp3) is 0.357. The maximum Gasteiger partial charge on any atom is 0.0750 e. The van der Waals surface area contributed by atoms with E-state index in [0.717, 1.165) is 33.6 Å². The molecule has 0 atom stereocenters. The highest BCUT2D eigenvalue weighted by Gasteiger charge is 2.09. The summed E-state index contributed by atoms with van der Waals surface area (Å²) in [6.45, 7) is 6.36. The van der Waals surface area contributed by atoms with Crippen molar-refractivity contribution in [2.24, 2.45) is 5.92 Å². The number of benzene rings is 1. The molecule has 0 saturated carbocycles. The normalized spacial score (nSPS) is 11.4. The van der Waals surface area contributed by atoms with Gasteiger partial charge in [-0.3, -0.25) is 4.98 Å². The second kappa shape index (κ2) is 4.83. The number of fused-ring (bicyclic) bond motifs is 1. The Hall–Kier alpha value is -0.790. The van der Waals surface area contributed by atoms with Gasteiger partial charge in [-0.05, 0) is 43.0 Å². The van der Waals surface area contributed by atoms with Gasteiger partial charge in [0, 0.05) is 16.1 Å². The maximum absolute atomic E-state index is 6.29. The Bertz CT molecular complexity index is 562. The molecule has 0 unspecified atom stereocenters. The van der Waals surface area contributed by atoms with Crippen LogP contribution in [0.2, 0.25) is 10.0 Å². The predicted molar refractivity (Wildman–Crippen MR) is 75.0 cm³/mol. The van der Waals surface area contributed by atoms with Gasteiger partial charge in [-0.25, -0.2) is 0 Å². The number of hydrogen-bond donors (Lipinski definition) is 0. The van der Waals surface area contributed by atoms with Gasteiger partial charge in [0.2, 0.25) is 0 Å². The number of halogens is 2.